The van der Waals surface area contributed by atoms with Crippen LogP contribution in [-0.2, 0) is 22.7 Å². The molecule has 1 fully saturated rings. The van der Waals surface area contributed by atoms with Crippen molar-refractivity contribution in [1.82, 2.24) is 15.5 Å². The number of fused-ring (bicyclic) bond motifs is 1. The molecular formula is C27H24N4O4. The predicted molar refractivity (Wildman–Crippen MR) is 130 cm³/mol. The topological polar surface area (TPSA) is 108 Å². The maximum atomic E-state index is 12.9. The van der Waals surface area contributed by atoms with Crippen molar-refractivity contribution in [1.29, 1.82) is 0 Å². The molecule has 3 N–H and O–H groups in total. The average molecular weight is 469 g/mol. The minimum atomic E-state index is -0.645. The highest BCUT2D eigenvalue weighted by molar-refractivity contribution is 6.05. The van der Waals surface area contributed by atoms with E-state index in [1.165, 1.54) is 4.90 Å². The third kappa shape index (κ3) is 4.77. The van der Waals surface area contributed by atoms with E-state index in [0.717, 1.165) is 22.3 Å². The van der Waals surface area contributed by atoms with E-state index in [1.54, 1.807) is 6.07 Å². The van der Waals surface area contributed by atoms with Gasteiger partial charge in [0.15, 0.2) is 0 Å². The summed E-state index contributed by atoms with van der Waals surface area (Å²) in [6, 6.07) is 22.0. The number of imide groups is 1. The predicted octanol–water partition coefficient (Wildman–Crippen LogP) is 3.44. The number of hydrogen-bond donors (Lipinski definition) is 3. The van der Waals surface area contributed by atoms with Gasteiger partial charge >= 0.3 is 6.03 Å². The fourth-order valence-electron chi connectivity index (χ4n) is 4.45. The van der Waals surface area contributed by atoms with E-state index in [2.05, 4.69) is 16.0 Å². The zero-order valence-corrected chi connectivity index (χ0v) is 18.9. The zero-order valence-electron chi connectivity index (χ0n) is 18.9. The lowest BCUT2D eigenvalue weighted by Crippen LogP contribution is -2.52. The van der Waals surface area contributed by atoms with Crippen molar-refractivity contribution >= 4 is 29.4 Å². The zero-order chi connectivity index (χ0) is 24.4. The summed E-state index contributed by atoms with van der Waals surface area (Å²) < 4.78 is 0. The number of nitrogens with zero attached hydrogens (tertiary/aromatic N) is 1. The molecule has 8 nitrogen and oxygen atoms in total. The van der Waals surface area contributed by atoms with Gasteiger partial charge in [0.05, 0.1) is 0 Å². The lowest BCUT2D eigenvalue weighted by atomic mass is 10.0. The van der Waals surface area contributed by atoms with E-state index in [1.807, 2.05) is 66.7 Å². The maximum absolute atomic E-state index is 12.9. The summed E-state index contributed by atoms with van der Waals surface area (Å²) in [5.41, 5.74) is 4.96. The van der Waals surface area contributed by atoms with E-state index < -0.39 is 11.9 Å². The van der Waals surface area contributed by atoms with Crippen LogP contribution >= 0.6 is 0 Å². The van der Waals surface area contributed by atoms with E-state index in [0.29, 0.717) is 24.2 Å². The van der Waals surface area contributed by atoms with Crippen LogP contribution in [0.2, 0.25) is 0 Å². The Bertz CT molecular complexity index is 1300. The fourth-order valence-corrected chi connectivity index (χ4v) is 4.45. The molecule has 2 heterocycles. The van der Waals surface area contributed by atoms with E-state index in [9.17, 15) is 19.2 Å². The minimum absolute atomic E-state index is 0.218. The molecule has 0 aliphatic carbocycles. The first-order valence-corrected chi connectivity index (χ1v) is 11.4. The van der Waals surface area contributed by atoms with Gasteiger partial charge in [-0.2, -0.15) is 0 Å². The number of nitrogens with one attached hydrogen (secondary N) is 3. The molecule has 1 saturated heterocycles. The van der Waals surface area contributed by atoms with Crippen LogP contribution in [0.1, 0.15) is 34.3 Å². The standard InChI is InChI=1S/C27H24N4O4/c32-24-13-12-23(25(33)30-24)31-16-20-7-6-17(14-22(20)26(31)34)15-28-27(35)29-21-10-8-19(9-11-21)18-4-2-1-3-5-18/h1-11,14,23H,12-13,15-16H2,(H2,28,29,35)(H,30,32,33). The smallest absolute Gasteiger partial charge is 0.319 e. The highest BCUT2D eigenvalue weighted by atomic mass is 16.2. The van der Waals surface area contributed by atoms with Crippen molar-refractivity contribution in [3.63, 3.8) is 0 Å². The van der Waals surface area contributed by atoms with Crippen molar-refractivity contribution in [2.24, 2.45) is 0 Å². The van der Waals surface area contributed by atoms with Crippen molar-refractivity contribution in [2.75, 3.05) is 5.32 Å². The molecule has 35 heavy (non-hydrogen) atoms. The molecule has 3 aromatic carbocycles. The Kier molecular flexibility index (Phi) is 6.01. The maximum Gasteiger partial charge on any atom is 0.319 e. The van der Waals surface area contributed by atoms with E-state index >= 15 is 0 Å². The summed E-state index contributed by atoms with van der Waals surface area (Å²) in [7, 11) is 0. The second-order valence-corrected chi connectivity index (χ2v) is 8.64. The van der Waals surface area contributed by atoms with Crippen LogP contribution in [0.4, 0.5) is 10.5 Å². The molecule has 8 heteroatoms. The molecule has 0 bridgehead atoms. The molecule has 1 unspecified atom stereocenters. The van der Waals surface area contributed by atoms with Gasteiger partial charge in [-0.05, 0) is 46.9 Å². The lowest BCUT2D eigenvalue weighted by Gasteiger charge is -2.29. The summed E-state index contributed by atoms with van der Waals surface area (Å²) in [6.45, 7) is 0.570. The lowest BCUT2D eigenvalue weighted by molar-refractivity contribution is -0.136. The number of rotatable bonds is 5. The van der Waals surface area contributed by atoms with Crippen LogP contribution in [0.3, 0.4) is 0 Å². The first-order chi connectivity index (χ1) is 17.0. The molecule has 2 aliphatic heterocycles. The molecule has 1 atom stereocenters. The number of urea groups is 1. The van der Waals surface area contributed by atoms with Gasteiger partial charge in [0.2, 0.25) is 11.8 Å². The van der Waals surface area contributed by atoms with Gasteiger partial charge in [0.25, 0.3) is 5.91 Å². The number of piperidine rings is 1. The average Bonchev–Trinajstić information content (AvgIpc) is 3.19. The van der Waals surface area contributed by atoms with E-state index in [-0.39, 0.29) is 30.8 Å². The summed E-state index contributed by atoms with van der Waals surface area (Å²) >= 11 is 0. The molecule has 0 radical (unpaired) electrons. The molecule has 0 spiro atoms. The van der Waals surface area contributed by atoms with Crippen molar-refractivity contribution < 1.29 is 19.2 Å². The molecule has 5 amide bonds. The number of benzene rings is 3. The highest BCUT2D eigenvalue weighted by Crippen LogP contribution is 2.28. The molecule has 176 valence electrons. The first kappa shape index (κ1) is 22.3. The third-order valence-corrected chi connectivity index (χ3v) is 6.30. The van der Waals surface area contributed by atoms with Gasteiger partial charge in [-0.25, -0.2) is 4.79 Å². The number of anilines is 1. The second kappa shape index (κ2) is 9.42. The monoisotopic (exact) mass is 468 g/mol. The highest BCUT2D eigenvalue weighted by Gasteiger charge is 2.39. The quantitative estimate of drug-likeness (QED) is 0.499. The Morgan fingerprint density at radius 1 is 0.943 bits per heavy atom. The van der Waals surface area contributed by atoms with Crippen LogP contribution in [0.15, 0.2) is 72.8 Å². The van der Waals surface area contributed by atoms with Gasteiger partial charge in [-0.1, -0.05) is 54.6 Å². The molecule has 0 saturated carbocycles. The van der Waals surface area contributed by atoms with Crippen molar-refractivity contribution in [3.8, 4) is 11.1 Å². The Hall–Kier alpha value is -4.46. The SMILES string of the molecule is O=C1CCC(N2Cc3ccc(CNC(=O)Nc4ccc(-c5ccccc5)cc4)cc3C2=O)C(=O)N1. The van der Waals surface area contributed by atoms with Crippen LogP contribution in [-0.4, -0.2) is 34.7 Å². The van der Waals surface area contributed by atoms with Gasteiger partial charge in [-0.15, -0.1) is 0 Å². The van der Waals surface area contributed by atoms with Crippen LogP contribution in [0, 0.1) is 0 Å². The number of amides is 5. The Balaban J connectivity index is 1.18. The Morgan fingerprint density at radius 2 is 1.69 bits per heavy atom. The van der Waals surface area contributed by atoms with Gasteiger partial charge in [0, 0.05) is 30.8 Å². The van der Waals surface area contributed by atoms with Crippen LogP contribution in [0.5, 0.6) is 0 Å². The molecule has 2 aliphatic rings. The molecule has 3 aromatic rings. The van der Waals surface area contributed by atoms with Crippen molar-refractivity contribution in [3.05, 3.63) is 89.5 Å². The Labute approximate surface area is 202 Å². The first-order valence-electron chi connectivity index (χ1n) is 11.4. The molecular weight excluding hydrogens is 444 g/mol. The molecule has 0 aromatic heterocycles. The van der Waals surface area contributed by atoms with Gasteiger partial charge in [0.1, 0.15) is 6.04 Å². The van der Waals surface area contributed by atoms with Crippen molar-refractivity contribution in [2.45, 2.75) is 32.0 Å². The van der Waals surface area contributed by atoms with Gasteiger partial charge in [-0.3, -0.25) is 19.7 Å². The summed E-state index contributed by atoms with van der Waals surface area (Å²) in [6.07, 6.45) is 0.543. The minimum Gasteiger partial charge on any atom is -0.334 e. The molecule has 5 rings (SSSR count). The Morgan fingerprint density at radius 3 is 2.43 bits per heavy atom. The van der Waals surface area contributed by atoms with Gasteiger partial charge < -0.3 is 15.5 Å². The third-order valence-electron chi connectivity index (χ3n) is 6.30. The van der Waals surface area contributed by atoms with Crippen LogP contribution < -0.4 is 16.0 Å². The number of hydrogen-bond acceptors (Lipinski definition) is 4. The number of carbonyl (C=O) groups excluding carboxylic acids is 4. The summed E-state index contributed by atoms with van der Waals surface area (Å²) in [4.78, 5) is 50.5. The normalized spacial score (nSPS) is 17.1. The fraction of sp³-hybridized carbons (Fsp3) is 0.185. The summed E-state index contributed by atoms with van der Waals surface area (Å²) in [5, 5.41) is 7.93. The van der Waals surface area contributed by atoms with E-state index in [4.69, 9.17) is 0 Å². The second-order valence-electron chi connectivity index (χ2n) is 8.64. The van der Waals surface area contributed by atoms with Crippen LogP contribution in [0.25, 0.3) is 11.1 Å². The summed E-state index contributed by atoms with van der Waals surface area (Å²) in [5.74, 6) is -0.980. The largest absolute Gasteiger partial charge is 0.334 e. The number of carbonyl (C=O) groups is 4.